The number of allylic oxidation sites excluding steroid dienone is 1. The van der Waals surface area contributed by atoms with Gasteiger partial charge in [0, 0.05) is 19.8 Å². The number of unbranched alkanes of at least 4 members (excludes halogenated alkanes) is 1. The molecule has 0 fully saturated rings. The number of anilines is 1. The Labute approximate surface area is 186 Å². The van der Waals surface area contributed by atoms with E-state index < -0.39 is 23.1 Å². The summed E-state index contributed by atoms with van der Waals surface area (Å²) >= 11 is 0. The van der Waals surface area contributed by atoms with Gasteiger partial charge in [0.05, 0.1) is 23.7 Å². The van der Waals surface area contributed by atoms with Crippen LogP contribution in [0.25, 0.3) is 0 Å². The van der Waals surface area contributed by atoms with E-state index in [1.165, 1.54) is 17.7 Å². The highest BCUT2D eigenvalue weighted by Crippen LogP contribution is 2.40. The van der Waals surface area contributed by atoms with Crippen LogP contribution in [0.2, 0.25) is 0 Å². The number of ether oxygens (including phenoxy) is 2. The number of rotatable bonds is 8. The summed E-state index contributed by atoms with van der Waals surface area (Å²) in [5.74, 6) is -0.186. The summed E-state index contributed by atoms with van der Waals surface area (Å²) in [5.41, 5.74) is 0.940. The molecule has 0 aliphatic carbocycles. The molecule has 0 amide bonds. The third-order valence-corrected chi connectivity index (χ3v) is 5.52. The van der Waals surface area contributed by atoms with Gasteiger partial charge in [-0.15, -0.1) is 0 Å². The van der Waals surface area contributed by atoms with Crippen LogP contribution in [0.3, 0.4) is 0 Å². The number of benzene rings is 1. The summed E-state index contributed by atoms with van der Waals surface area (Å²) in [6, 6.07) is 7.31. The average molecular weight is 440 g/mol. The van der Waals surface area contributed by atoms with Gasteiger partial charge in [-0.05, 0) is 31.0 Å². The third-order valence-electron chi connectivity index (χ3n) is 5.52. The van der Waals surface area contributed by atoms with E-state index in [0.29, 0.717) is 35.0 Å². The number of carbonyl (C=O) groups is 1. The Bertz CT molecular complexity index is 1170. The van der Waals surface area contributed by atoms with Gasteiger partial charge in [0.15, 0.2) is 0 Å². The number of fused-ring (bicyclic) bond motifs is 1. The van der Waals surface area contributed by atoms with Crippen LogP contribution >= 0.6 is 0 Å². The Balaban J connectivity index is 2.17. The first-order valence-electron chi connectivity index (χ1n) is 10.6. The van der Waals surface area contributed by atoms with Crippen molar-refractivity contribution in [3.05, 3.63) is 80.2 Å². The molecule has 170 valence electrons. The van der Waals surface area contributed by atoms with E-state index in [1.54, 1.807) is 14.0 Å². The molecule has 1 aromatic heterocycles. The third kappa shape index (κ3) is 4.26. The van der Waals surface area contributed by atoms with Crippen LogP contribution in [0.5, 0.6) is 5.75 Å². The maximum atomic E-state index is 13.2. The van der Waals surface area contributed by atoms with Gasteiger partial charge in [0.25, 0.3) is 5.56 Å². The summed E-state index contributed by atoms with van der Waals surface area (Å²) in [4.78, 5) is 38.7. The van der Waals surface area contributed by atoms with E-state index in [2.05, 4.69) is 18.8 Å². The number of nitrogens with zero attached hydrogens (tertiary/aromatic N) is 2. The first-order valence-corrected chi connectivity index (χ1v) is 10.6. The smallest absolute Gasteiger partial charge is 0.337 e. The van der Waals surface area contributed by atoms with Gasteiger partial charge in [-0.1, -0.05) is 38.1 Å². The number of carbonyl (C=O) groups excluding carboxylic acids is 1. The van der Waals surface area contributed by atoms with E-state index in [4.69, 9.17) is 9.47 Å². The fraction of sp³-hybridized carbons (Fsp3) is 0.375. The summed E-state index contributed by atoms with van der Waals surface area (Å²) in [7, 11) is 3.01. The van der Waals surface area contributed by atoms with Crippen LogP contribution in [0.1, 0.15) is 43.7 Å². The number of nitrogens with one attached hydrogen (secondary N) is 1. The zero-order valence-corrected chi connectivity index (χ0v) is 18.9. The summed E-state index contributed by atoms with van der Waals surface area (Å²) in [6.45, 7) is 8.07. The SMILES string of the molecule is C=CCOC(=O)C1=C(C)Nc2c(c(=O)n(C)c(=O)n2C)C1c1ccc(OCCCC)cc1. The Morgan fingerprint density at radius 3 is 2.50 bits per heavy atom. The van der Waals surface area contributed by atoms with Crippen LogP contribution < -0.4 is 21.3 Å². The molecule has 1 aromatic carbocycles. The highest BCUT2D eigenvalue weighted by atomic mass is 16.5. The molecule has 32 heavy (non-hydrogen) atoms. The highest BCUT2D eigenvalue weighted by Gasteiger charge is 2.37. The topological polar surface area (TPSA) is 91.6 Å². The Morgan fingerprint density at radius 2 is 1.88 bits per heavy atom. The van der Waals surface area contributed by atoms with Crippen molar-refractivity contribution in [3.63, 3.8) is 0 Å². The van der Waals surface area contributed by atoms with Crippen molar-refractivity contribution in [2.45, 2.75) is 32.6 Å². The molecule has 8 heteroatoms. The minimum absolute atomic E-state index is 0.0463. The molecule has 1 aliphatic heterocycles. The minimum Gasteiger partial charge on any atom is -0.494 e. The van der Waals surface area contributed by atoms with Crippen LogP contribution in [-0.2, 0) is 23.6 Å². The quantitative estimate of drug-likeness (QED) is 0.386. The lowest BCUT2D eigenvalue weighted by molar-refractivity contribution is -0.138. The van der Waals surface area contributed by atoms with E-state index in [9.17, 15) is 14.4 Å². The predicted octanol–water partition coefficient (Wildman–Crippen LogP) is 2.82. The van der Waals surface area contributed by atoms with Crippen LogP contribution in [0.15, 0.2) is 57.8 Å². The maximum absolute atomic E-state index is 13.2. The molecule has 1 N–H and O–H groups in total. The fourth-order valence-corrected chi connectivity index (χ4v) is 3.79. The molecule has 1 aliphatic rings. The fourth-order valence-electron chi connectivity index (χ4n) is 3.79. The van der Waals surface area contributed by atoms with Gasteiger partial charge < -0.3 is 14.8 Å². The molecule has 2 heterocycles. The lowest BCUT2D eigenvalue weighted by Gasteiger charge is -2.30. The number of aromatic nitrogens is 2. The lowest BCUT2D eigenvalue weighted by atomic mass is 9.82. The molecule has 0 saturated carbocycles. The molecule has 3 rings (SSSR count). The van der Waals surface area contributed by atoms with Crippen molar-refractivity contribution < 1.29 is 14.3 Å². The summed E-state index contributed by atoms with van der Waals surface area (Å²) < 4.78 is 13.5. The second-order valence-electron chi connectivity index (χ2n) is 7.72. The van der Waals surface area contributed by atoms with Crippen LogP contribution in [0, 0.1) is 0 Å². The molecule has 1 unspecified atom stereocenters. The van der Waals surface area contributed by atoms with E-state index in [1.807, 2.05) is 24.3 Å². The molecular weight excluding hydrogens is 410 g/mol. The Hall–Kier alpha value is -3.55. The molecule has 2 aromatic rings. The first-order chi connectivity index (χ1) is 15.3. The van der Waals surface area contributed by atoms with Gasteiger partial charge >= 0.3 is 11.7 Å². The molecular formula is C24H29N3O5. The van der Waals surface area contributed by atoms with Crippen molar-refractivity contribution in [3.8, 4) is 5.75 Å². The van der Waals surface area contributed by atoms with Crippen molar-refractivity contribution in [2.24, 2.45) is 14.1 Å². The normalized spacial score (nSPS) is 15.1. The zero-order chi connectivity index (χ0) is 23.4. The number of hydrogen-bond acceptors (Lipinski definition) is 6. The molecule has 0 radical (unpaired) electrons. The molecule has 0 spiro atoms. The average Bonchev–Trinajstić information content (AvgIpc) is 2.79. The van der Waals surface area contributed by atoms with Crippen molar-refractivity contribution in [2.75, 3.05) is 18.5 Å². The van der Waals surface area contributed by atoms with Gasteiger partial charge in [-0.25, -0.2) is 9.59 Å². The number of esters is 1. The minimum atomic E-state index is -0.709. The molecule has 8 nitrogen and oxygen atoms in total. The van der Waals surface area contributed by atoms with Crippen molar-refractivity contribution in [1.82, 2.24) is 9.13 Å². The van der Waals surface area contributed by atoms with Gasteiger partial charge in [-0.2, -0.15) is 0 Å². The van der Waals surface area contributed by atoms with E-state index in [0.717, 1.165) is 23.0 Å². The highest BCUT2D eigenvalue weighted by molar-refractivity contribution is 5.94. The van der Waals surface area contributed by atoms with Gasteiger partial charge in [-0.3, -0.25) is 13.9 Å². The van der Waals surface area contributed by atoms with Gasteiger partial charge in [0.1, 0.15) is 18.2 Å². The predicted molar refractivity (Wildman–Crippen MR) is 123 cm³/mol. The van der Waals surface area contributed by atoms with Crippen molar-refractivity contribution >= 4 is 11.8 Å². The van der Waals surface area contributed by atoms with Gasteiger partial charge in [0.2, 0.25) is 0 Å². The molecule has 0 bridgehead atoms. The molecule has 1 atom stereocenters. The van der Waals surface area contributed by atoms with E-state index >= 15 is 0 Å². The summed E-state index contributed by atoms with van der Waals surface area (Å²) in [5, 5.41) is 3.07. The standard InChI is InChI=1S/C24H29N3O5/c1-6-8-14-31-17-11-9-16(10-12-17)19-18(23(29)32-13-7-2)15(3)25-21-20(19)22(28)27(5)24(30)26(21)4/h7,9-12,19,25H,2,6,8,13-14H2,1,3-5H3. The largest absolute Gasteiger partial charge is 0.494 e. The zero-order valence-electron chi connectivity index (χ0n) is 18.9. The second-order valence-corrected chi connectivity index (χ2v) is 7.72. The maximum Gasteiger partial charge on any atom is 0.337 e. The monoisotopic (exact) mass is 439 g/mol. The van der Waals surface area contributed by atoms with Crippen molar-refractivity contribution in [1.29, 1.82) is 0 Å². The Kier molecular flexibility index (Phi) is 7.02. The van der Waals surface area contributed by atoms with E-state index in [-0.39, 0.29) is 6.61 Å². The molecule has 0 saturated heterocycles. The number of hydrogen-bond donors (Lipinski definition) is 1. The van der Waals surface area contributed by atoms with Crippen LogP contribution in [0.4, 0.5) is 5.82 Å². The Morgan fingerprint density at radius 1 is 1.19 bits per heavy atom. The lowest BCUT2D eigenvalue weighted by Crippen LogP contribution is -2.43. The second kappa shape index (κ2) is 9.72. The first kappa shape index (κ1) is 23.1. The van der Waals surface area contributed by atoms with Crippen LogP contribution in [-0.4, -0.2) is 28.3 Å². The summed E-state index contributed by atoms with van der Waals surface area (Å²) in [6.07, 6.45) is 3.47.